The van der Waals surface area contributed by atoms with E-state index in [4.69, 9.17) is 9.47 Å². The highest BCUT2D eigenvalue weighted by molar-refractivity contribution is 7.33. The van der Waals surface area contributed by atoms with E-state index in [1.807, 2.05) is 11.3 Å². The van der Waals surface area contributed by atoms with Gasteiger partial charge < -0.3 is 19.3 Å². The second-order valence-corrected chi connectivity index (χ2v) is 30.0. The Hall–Kier alpha value is -7.73. The lowest BCUT2D eigenvalue weighted by Gasteiger charge is -2.44. The van der Waals surface area contributed by atoms with E-state index >= 15 is 0 Å². The fourth-order valence-corrected chi connectivity index (χ4v) is 18.2. The van der Waals surface area contributed by atoms with E-state index in [-0.39, 0.29) is 35.1 Å². The van der Waals surface area contributed by atoms with Gasteiger partial charge in [0.2, 0.25) is 0 Å². The molecule has 0 unspecified atom stereocenters. The highest BCUT2D eigenvalue weighted by atomic mass is 32.1. The third-order valence-electron chi connectivity index (χ3n) is 21.2. The first-order valence-electron chi connectivity index (χ1n) is 31.1. The molecule has 6 aliphatic rings. The van der Waals surface area contributed by atoms with Gasteiger partial charge in [0, 0.05) is 49.4 Å². The Morgan fingerprint density at radius 2 is 0.859 bits per heavy atom. The van der Waals surface area contributed by atoms with E-state index < -0.39 is 0 Å². The summed E-state index contributed by atoms with van der Waals surface area (Å²) in [6, 6.07) is 56.9. The molecular weight excluding hydrogens is 1050 g/mol. The lowest BCUT2D eigenvalue weighted by molar-refractivity contribution is 0.332. The first-order chi connectivity index (χ1) is 40.5. The fourth-order valence-electron chi connectivity index (χ4n) is 16.9. The van der Waals surface area contributed by atoms with E-state index in [0.717, 1.165) is 47.0 Å². The molecule has 0 atom stereocenters. The minimum atomic E-state index is -0.116. The van der Waals surface area contributed by atoms with Crippen LogP contribution in [0.1, 0.15) is 137 Å². The zero-order valence-electron chi connectivity index (χ0n) is 52.0. The summed E-state index contributed by atoms with van der Waals surface area (Å²) in [6.45, 7) is 32.8. The van der Waals surface area contributed by atoms with Crippen LogP contribution in [0.15, 0.2) is 146 Å². The van der Waals surface area contributed by atoms with Crippen LogP contribution in [0, 0.1) is 41.5 Å². The smallest absolute Gasteiger partial charge is 0.268 e. The van der Waals surface area contributed by atoms with Gasteiger partial charge in [0.15, 0.2) is 0 Å². The molecule has 0 fully saturated rings. The van der Waals surface area contributed by atoms with Crippen LogP contribution in [0.2, 0.25) is 0 Å². The molecule has 7 heteroatoms. The van der Waals surface area contributed by atoms with Crippen molar-refractivity contribution in [3.8, 4) is 45.3 Å². The van der Waals surface area contributed by atoms with Crippen molar-refractivity contribution in [1.82, 2.24) is 0 Å². The van der Waals surface area contributed by atoms with Crippen LogP contribution in [0.5, 0.6) is 23.0 Å². The number of anilines is 6. The van der Waals surface area contributed by atoms with Gasteiger partial charge in [0.25, 0.3) is 13.4 Å². The second-order valence-electron chi connectivity index (χ2n) is 28.9. The fraction of sp³-hybridized carbons (Fsp3) is 0.282. The van der Waals surface area contributed by atoms with Gasteiger partial charge in [-0.2, -0.15) is 0 Å². The zero-order valence-corrected chi connectivity index (χ0v) is 52.8. The summed E-state index contributed by atoms with van der Waals surface area (Å²) >= 11 is 1.95. The standard InChI is InChI=1S/C78H74B2N2O2S/c1-43-31-45(3)69(46(4)32-43)49-35-62-71-66(37-49)83-64-42-65-60(41-59(64)79(71)58-20-16-17-21-61(58)81(62)51-23-25-54-56(39-51)77(11,12)29-27-75(54,7)8)80-72-63(36-50(38-67(72)84-65)70-47(5)33-44(2)34-48(70)6)82(73-53-19-15-18-22-68(53)85-74(73)80)52-24-26-55-57(40-52)78(13,14)30-28-76(55,9)10/h15-26,31-42H,27-30H2,1-14H3. The van der Waals surface area contributed by atoms with Gasteiger partial charge in [-0.05, 0) is 244 Å². The lowest BCUT2D eigenvalue weighted by atomic mass is 9.32. The number of hydrogen-bond donors (Lipinski definition) is 0. The lowest BCUT2D eigenvalue weighted by Crippen LogP contribution is -2.62. The van der Waals surface area contributed by atoms with Crippen molar-refractivity contribution in [2.45, 2.75) is 144 Å². The highest BCUT2D eigenvalue weighted by Gasteiger charge is 2.49. The van der Waals surface area contributed by atoms with E-state index in [1.54, 1.807) is 0 Å². The summed E-state index contributed by atoms with van der Waals surface area (Å²) in [5.41, 5.74) is 31.8. The highest BCUT2D eigenvalue weighted by Crippen LogP contribution is 2.54. The first-order valence-corrected chi connectivity index (χ1v) is 31.9. The Morgan fingerprint density at radius 1 is 0.400 bits per heavy atom. The monoisotopic (exact) mass is 1120 g/mol. The first kappa shape index (κ1) is 52.8. The Balaban J connectivity index is 0.948. The van der Waals surface area contributed by atoms with Crippen molar-refractivity contribution in [3.63, 3.8) is 0 Å². The van der Waals surface area contributed by atoms with Crippen LogP contribution in [0.25, 0.3) is 32.3 Å². The maximum Gasteiger partial charge on any atom is 0.268 e. The van der Waals surface area contributed by atoms with E-state index in [2.05, 4.69) is 252 Å². The molecule has 9 aromatic carbocycles. The predicted molar refractivity (Wildman–Crippen MR) is 363 cm³/mol. The Morgan fingerprint density at radius 3 is 1.41 bits per heavy atom. The number of hydrogen-bond acceptors (Lipinski definition) is 5. The van der Waals surface area contributed by atoms with Gasteiger partial charge in [-0.15, -0.1) is 11.3 Å². The molecule has 5 heterocycles. The summed E-state index contributed by atoms with van der Waals surface area (Å²) in [4.78, 5) is 5.20. The molecule has 0 saturated carbocycles. The SMILES string of the molecule is Cc1cc(C)c(-c2cc3c4c(c2)N(c2ccc5c(c2)C(C)(C)CCC5(C)C)c2ccccc2B4c2cc4c(cc2O3)Oc2cc(-c3c(C)cc(C)cc3C)cc3c2B4c2sc4ccccc4c2N3c2ccc3c(c2)C(C)(C)CCC3(C)C)c(C)c1. The van der Waals surface area contributed by atoms with Crippen molar-refractivity contribution in [2.75, 3.05) is 9.80 Å². The number of nitrogens with zero attached hydrogens (tertiary/aromatic N) is 2. The molecular formula is C78H74B2N2O2S. The maximum absolute atomic E-state index is 7.62. The van der Waals surface area contributed by atoms with Crippen molar-refractivity contribution < 1.29 is 9.47 Å². The number of para-hydroxylation sites is 1. The molecule has 0 spiro atoms. The molecule has 4 nitrogen and oxygen atoms in total. The molecule has 0 radical (unpaired) electrons. The topological polar surface area (TPSA) is 24.9 Å². The second kappa shape index (κ2) is 17.9. The average Bonchev–Trinajstić information content (AvgIpc) is 1.69. The molecule has 4 aliphatic heterocycles. The van der Waals surface area contributed by atoms with Gasteiger partial charge in [-0.25, -0.2) is 0 Å². The van der Waals surface area contributed by atoms with Gasteiger partial charge >= 0.3 is 0 Å². The average molecular weight is 1130 g/mol. The van der Waals surface area contributed by atoms with Crippen molar-refractivity contribution in [3.05, 3.63) is 201 Å². The molecule has 0 N–H and O–H groups in total. The van der Waals surface area contributed by atoms with Gasteiger partial charge in [-0.1, -0.05) is 145 Å². The summed E-state index contributed by atoms with van der Waals surface area (Å²) in [6.07, 6.45) is 4.64. The third kappa shape index (κ3) is 7.67. The molecule has 16 rings (SSSR count). The number of rotatable bonds is 4. The predicted octanol–water partition coefficient (Wildman–Crippen LogP) is 17.6. The van der Waals surface area contributed by atoms with Gasteiger partial charge in [0.1, 0.15) is 23.0 Å². The Bertz CT molecular complexity index is 4570. The minimum Gasteiger partial charge on any atom is -0.458 e. The molecule has 85 heavy (non-hydrogen) atoms. The molecule has 420 valence electrons. The minimum absolute atomic E-state index is 0.0291. The molecule has 0 saturated heterocycles. The Kier molecular flexibility index (Phi) is 11.1. The van der Waals surface area contributed by atoms with E-state index in [1.165, 1.54) is 156 Å². The number of aryl methyl sites for hydroxylation is 6. The normalized spacial score (nSPS) is 17.3. The summed E-state index contributed by atoms with van der Waals surface area (Å²) < 4.78 is 17.8. The van der Waals surface area contributed by atoms with Crippen LogP contribution < -0.4 is 51.4 Å². The number of thiophene rings is 1. The quantitative estimate of drug-likeness (QED) is 0.164. The number of benzene rings is 9. The molecule has 0 bridgehead atoms. The molecule has 10 aromatic rings. The van der Waals surface area contributed by atoms with Crippen LogP contribution in [-0.2, 0) is 21.7 Å². The van der Waals surface area contributed by atoms with Gasteiger partial charge in [0.05, 0.1) is 5.69 Å². The molecule has 1 aromatic heterocycles. The largest absolute Gasteiger partial charge is 0.458 e. The van der Waals surface area contributed by atoms with Crippen LogP contribution in [0.4, 0.5) is 34.1 Å². The maximum atomic E-state index is 7.62. The van der Waals surface area contributed by atoms with Crippen LogP contribution >= 0.6 is 11.3 Å². The van der Waals surface area contributed by atoms with E-state index in [0.29, 0.717) is 0 Å². The van der Waals surface area contributed by atoms with Crippen LogP contribution in [0.3, 0.4) is 0 Å². The summed E-state index contributed by atoms with van der Waals surface area (Å²) in [5.74, 6) is 3.49. The van der Waals surface area contributed by atoms with E-state index in [9.17, 15) is 0 Å². The zero-order chi connectivity index (χ0) is 58.7. The van der Waals surface area contributed by atoms with Crippen molar-refractivity contribution >= 4 is 101 Å². The third-order valence-corrected chi connectivity index (χ3v) is 22.4. The number of ether oxygens (including phenoxy) is 2. The van der Waals surface area contributed by atoms with Gasteiger partial charge in [-0.3, -0.25) is 0 Å². The Labute approximate surface area is 508 Å². The van der Waals surface area contributed by atoms with Crippen LogP contribution in [-0.4, -0.2) is 13.4 Å². The summed E-state index contributed by atoms with van der Waals surface area (Å²) in [5, 5.41) is 1.28. The van der Waals surface area contributed by atoms with Crippen molar-refractivity contribution in [2.24, 2.45) is 0 Å². The summed E-state index contributed by atoms with van der Waals surface area (Å²) in [7, 11) is 0. The molecule has 2 aliphatic carbocycles. The molecule has 0 amide bonds. The van der Waals surface area contributed by atoms with Crippen molar-refractivity contribution in [1.29, 1.82) is 0 Å². The number of fused-ring (bicyclic) bond motifs is 12.